The standard InChI is InChI=1S/C22H32O10/c1-8-4-12(24)16-11(7-29-3)21(28)32-20(16)15-9(2)13(5-10(8)15)30-22-19(27)18(26)17(25)14(6-23)31-22/h10-20,22-27H,1-2,4-7H2,3H3/t10-,11-,12+,13-,14+,15-,16+,17+,18-,19+,20+,22+/m0/s1. The van der Waals surface area contributed by atoms with E-state index in [2.05, 4.69) is 13.2 Å². The summed E-state index contributed by atoms with van der Waals surface area (Å²) in [6.45, 7) is 7.90. The number of fused-ring (bicyclic) bond motifs is 3. The lowest BCUT2D eigenvalue weighted by Crippen LogP contribution is -2.59. The van der Waals surface area contributed by atoms with Gasteiger partial charge in [-0.1, -0.05) is 18.7 Å². The summed E-state index contributed by atoms with van der Waals surface area (Å²) in [4.78, 5) is 12.5. The van der Waals surface area contributed by atoms with Gasteiger partial charge in [-0.3, -0.25) is 4.79 Å². The molecule has 0 radical (unpaired) electrons. The molecule has 2 saturated heterocycles. The number of esters is 1. The first kappa shape index (κ1) is 23.8. The highest BCUT2D eigenvalue weighted by Gasteiger charge is 2.58. The van der Waals surface area contributed by atoms with E-state index >= 15 is 0 Å². The fourth-order valence-electron chi connectivity index (χ4n) is 5.75. The quantitative estimate of drug-likeness (QED) is 0.244. The minimum Gasteiger partial charge on any atom is -0.461 e. The summed E-state index contributed by atoms with van der Waals surface area (Å²) in [5, 5.41) is 50.6. The molecule has 2 heterocycles. The summed E-state index contributed by atoms with van der Waals surface area (Å²) in [7, 11) is 1.49. The SMILES string of the molecule is C=C1[C@@H]2[C@H]3OC(=O)[C@@H](COC)[C@@H]3[C@H](O)CC(=C)[C@@H]2C[C@@H]1O[C@@H]1O[C@H](CO)[C@@H](O)[C@H](O)[C@H]1O. The number of carbonyl (C=O) groups is 1. The van der Waals surface area contributed by atoms with Crippen LogP contribution in [0.1, 0.15) is 12.8 Å². The fourth-order valence-corrected chi connectivity index (χ4v) is 5.75. The van der Waals surface area contributed by atoms with Gasteiger partial charge in [-0.05, 0) is 24.3 Å². The molecule has 180 valence electrons. The Kier molecular flexibility index (Phi) is 6.77. The Morgan fingerprint density at radius 1 is 1.12 bits per heavy atom. The Labute approximate surface area is 186 Å². The number of carbonyl (C=O) groups excluding carboxylic acids is 1. The van der Waals surface area contributed by atoms with Crippen molar-refractivity contribution in [2.75, 3.05) is 20.3 Å². The van der Waals surface area contributed by atoms with Crippen LogP contribution in [0.5, 0.6) is 0 Å². The Balaban J connectivity index is 1.56. The van der Waals surface area contributed by atoms with Crippen LogP contribution in [0.3, 0.4) is 0 Å². The molecule has 4 fully saturated rings. The summed E-state index contributed by atoms with van der Waals surface area (Å²) in [5.41, 5.74) is 1.41. The maximum Gasteiger partial charge on any atom is 0.312 e. The van der Waals surface area contributed by atoms with E-state index < -0.39 is 73.4 Å². The summed E-state index contributed by atoms with van der Waals surface area (Å²) in [6, 6.07) is 0. The molecule has 0 spiro atoms. The van der Waals surface area contributed by atoms with E-state index in [9.17, 15) is 30.3 Å². The first-order chi connectivity index (χ1) is 15.2. The fraction of sp³-hybridized carbons (Fsp3) is 0.773. The molecule has 10 nitrogen and oxygen atoms in total. The van der Waals surface area contributed by atoms with Crippen LogP contribution in [-0.4, -0.2) is 101 Å². The van der Waals surface area contributed by atoms with Crippen LogP contribution in [0.4, 0.5) is 0 Å². The Hall–Kier alpha value is -1.37. The maximum atomic E-state index is 12.5. The van der Waals surface area contributed by atoms with E-state index in [1.807, 2.05) is 0 Å². The zero-order valence-electron chi connectivity index (χ0n) is 17.9. The van der Waals surface area contributed by atoms with E-state index in [-0.39, 0.29) is 18.4 Å². The molecule has 12 atom stereocenters. The molecule has 0 amide bonds. The van der Waals surface area contributed by atoms with E-state index in [1.165, 1.54) is 7.11 Å². The maximum absolute atomic E-state index is 12.5. The van der Waals surface area contributed by atoms with Crippen LogP contribution in [0, 0.1) is 23.7 Å². The first-order valence-electron chi connectivity index (χ1n) is 10.9. The molecule has 32 heavy (non-hydrogen) atoms. The van der Waals surface area contributed by atoms with Gasteiger partial charge in [0.15, 0.2) is 6.29 Å². The third-order valence-electron chi connectivity index (χ3n) is 7.43. The highest BCUT2D eigenvalue weighted by molar-refractivity contribution is 5.76. The molecule has 0 bridgehead atoms. The van der Waals surface area contributed by atoms with Crippen molar-refractivity contribution in [1.29, 1.82) is 0 Å². The van der Waals surface area contributed by atoms with Crippen molar-refractivity contribution in [1.82, 2.24) is 0 Å². The number of ether oxygens (including phenoxy) is 4. The van der Waals surface area contributed by atoms with Gasteiger partial charge in [0, 0.05) is 18.9 Å². The second-order valence-electron chi connectivity index (χ2n) is 9.24. The lowest BCUT2D eigenvalue weighted by Gasteiger charge is -2.40. The number of hydrogen-bond acceptors (Lipinski definition) is 10. The second-order valence-corrected chi connectivity index (χ2v) is 9.24. The third-order valence-corrected chi connectivity index (χ3v) is 7.43. The molecule has 0 aromatic carbocycles. The molecule has 2 aliphatic heterocycles. The van der Waals surface area contributed by atoms with Gasteiger partial charge in [0.05, 0.1) is 31.3 Å². The molecule has 10 heteroatoms. The van der Waals surface area contributed by atoms with Crippen molar-refractivity contribution in [2.24, 2.45) is 23.7 Å². The molecule has 0 aromatic rings. The summed E-state index contributed by atoms with van der Waals surface area (Å²) in [6.07, 6.45) is -8.25. The van der Waals surface area contributed by atoms with Crippen LogP contribution >= 0.6 is 0 Å². The van der Waals surface area contributed by atoms with Gasteiger partial charge in [-0.2, -0.15) is 0 Å². The molecule has 5 N–H and O–H groups in total. The predicted octanol–water partition coefficient (Wildman–Crippen LogP) is -1.51. The molecule has 0 unspecified atom stereocenters. The van der Waals surface area contributed by atoms with Crippen molar-refractivity contribution >= 4 is 5.97 Å². The smallest absolute Gasteiger partial charge is 0.312 e. The van der Waals surface area contributed by atoms with Crippen LogP contribution < -0.4 is 0 Å². The summed E-state index contributed by atoms with van der Waals surface area (Å²) >= 11 is 0. The minimum absolute atomic E-state index is 0.137. The van der Waals surface area contributed by atoms with Crippen molar-refractivity contribution in [3.05, 3.63) is 24.3 Å². The topological polar surface area (TPSA) is 155 Å². The van der Waals surface area contributed by atoms with Gasteiger partial charge in [-0.15, -0.1) is 0 Å². The molecular formula is C22H32O10. The number of methoxy groups -OCH3 is 1. The summed E-state index contributed by atoms with van der Waals surface area (Å²) < 4.78 is 22.3. The monoisotopic (exact) mass is 456 g/mol. The highest BCUT2D eigenvalue weighted by atomic mass is 16.7. The zero-order chi connectivity index (χ0) is 23.3. The minimum atomic E-state index is -1.55. The van der Waals surface area contributed by atoms with E-state index in [4.69, 9.17) is 18.9 Å². The van der Waals surface area contributed by atoms with Crippen LogP contribution in [0.2, 0.25) is 0 Å². The molecule has 4 rings (SSSR count). The second kappa shape index (κ2) is 9.11. The Morgan fingerprint density at radius 3 is 2.50 bits per heavy atom. The van der Waals surface area contributed by atoms with Crippen molar-refractivity contribution in [3.63, 3.8) is 0 Å². The molecule has 2 saturated carbocycles. The van der Waals surface area contributed by atoms with Crippen LogP contribution in [-0.2, 0) is 23.7 Å². The van der Waals surface area contributed by atoms with Crippen LogP contribution in [0.15, 0.2) is 24.3 Å². The molecule has 2 aliphatic carbocycles. The van der Waals surface area contributed by atoms with Crippen molar-refractivity contribution in [2.45, 2.75) is 61.9 Å². The van der Waals surface area contributed by atoms with Gasteiger partial charge >= 0.3 is 5.97 Å². The summed E-state index contributed by atoms with van der Waals surface area (Å²) in [5.74, 6) is -2.00. The van der Waals surface area contributed by atoms with Crippen molar-refractivity contribution < 1.29 is 49.3 Å². The van der Waals surface area contributed by atoms with Crippen molar-refractivity contribution in [3.8, 4) is 0 Å². The number of hydrogen-bond donors (Lipinski definition) is 5. The molecule has 0 aromatic heterocycles. The number of aliphatic hydroxyl groups excluding tert-OH is 5. The third kappa shape index (κ3) is 3.82. The molecule has 4 aliphatic rings. The van der Waals surface area contributed by atoms with Gasteiger partial charge in [0.25, 0.3) is 0 Å². The highest BCUT2D eigenvalue weighted by Crippen LogP contribution is 2.53. The van der Waals surface area contributed by atoms with E-state index in [0.717, 1.165) is 5.57 Å². The molecular weight excluding hydrogens is 424 g/mol. The number of aliphatic hydroxyl groups is 5. The first-order valence-corrected chi connectivity index (χ1v) is 10.9. The normalized spacial score (nSPS) is 48.9. The predicted molar refractivity (Wildman–Crippen MR) is 108 cm³/mol. The lowest BCUT2D eigenvalue weighted by molar-refractivity contribution is -0.308. The average molecular weight is 456 g/mol. The van der Waals surface area contributed by atoms with Gasteiger partial charge in [0.1, 0.15) is 30.5 Å². The zero-order valence-corrected chi connectivity index (χ0v) is 17.9. The van der Waals surface area contributed by atoms with Gasteiger partial charge in [0.2, 0.25) is 0 Å². The van der Waals surface area contributed by atoms with Crippen LogP contribution in [0.25, 0.3) is 0 Å². The number of rotatable bonds is 5. The van der Waals surface area contributed by atoms with Gasteiger partial charge in [-0.25, -0.2) is 0 Å². The van der Waals surface area contributed by atoms with Gasteiger partial charge < -0.3 is 44.5 Å². The Morgan fingerprint density at radius 2 is 1.84 bits per heavy atom. The Bertz CT molecular complexity index is 753. The van der Waals surface area contributed by atoms with E-state index in [1.54, 1.807) is 0 Å². The van der Waals surface area contributed by atoms with E-state index in [0.29, 0.717) is 18.4 Å². The largest absolute Gasteiger partial charge is 0.461 e. The average Bonchev–Trinajstić information content (AvgIpc) is 3.22. The lowest BCUT2D eigenvalue weighted by atomic mass is 9.79.